The smallest absolute Gasteiger partial charge is 0.267 e. The molecule has 2 aromatic rings. The van der Waals surface area contributed by atoms with E-state index < -0.39 is 0 Å². The number of nitrogens with one attached hydrogen (secondary N) is 1. The topological polar surface area (TPSA) is 41.5 Å². The molecule has 0 saturated carbocycles. The van der Waals surface area contributed by atoms with E-state index in [2.05, 4.69) is 29.6 Å². The molecule has 0 fully saturated rings. The lowest BCUT2D eigenvalue weighted by atomic mass is 10.0. The fourth-order valence-corrected chi connectivity index (χ4v) is 2.40. The Labute approximate surface area is 125 Å². The molecule has 0 aliphatic rings. The van der Waals surface area contributed by atoms with Crippen molar-refractivity contribution in [2.45, 2.75) is 27.7 Å². The number of benzene rings is 2. The average molecular weight is 280 g/mol. The van der Waals surface area contributed by atoms with Gasteiger partial charge in [-0.1, -0.05) is 35.4 Å². The number of carbonyl (C=O) groups excluding carboxylic acids is 1. The Balaban J connectivity index is 2.11. The Morgan fingerprint density at radius 3 is 2.29 bits per heavy atom. The highest BCUT2D eigenvalue weighted by Gasteiger charge is 2.04. The number of aryl methyl sites for hydroxylation is 4. The molecule has 0 saturated heterocycles. The van der Waals surface area contributed by atoms with E-state index in [9.17, 15) is 4.79 Å². The Morgan fingerprint density at radius 1 is 1.00 bits per heavy atom. The van der Waals surface area contributed by atoms with Crippen molar-refractivity contribution in [2.24, 2.45) is 5.10 Å². The molecule has 0 aliphatic heterocycles. The number of amides is 1. The highest BCUT2D eigenvalue weighted by atomic mass is 16.2. The highest BCUT2D eigenvalue weighted by molar-refractivity contribution is 5.95. The standard InChI is InChI=1S/C18H20N2O/c1-12-6-5-7-16(10-12)18(21)20-19-11-17-14(3)8-13(2)9-15(17)4/h5-11H,1-4H3,(H,20,21)/b19-11-. The van der Waals surface area contributed by atoms with E-state index in [4.69, 9.17) is 0 Å². The van der Waals surface area contributed by atoms with E-state index >= 15 is 0 Å². The van der Waals surface area contributed by atoms with E-state index in [-0.39, 0.29) is 5.91 Å². The molecule has 0 atom stereocenters. The van der Waals surface area contributed by atoms with Crippen LogP contribution in [0.5, 0.6) is 0 Å². The van der Waals surface area contributed by atoms with Gasteiger partial charge >= 0.3 is 0 Å². The maximum Gasteiger partial charge on any atom is 0.271 e. The summed E-state index contributed by atoms with van der Waals surface area (Å²) >= 11 is 0. The van der Waals surface area contributed by atoms with Crippen LogP contribution < -0.4 is 5.43 Å². The van der Waals surface area contributed by atoms with Gasteiger partial charge in [0, 0.05) is 11.1 Å². The number of rotatable bonds is 3. The maximum absolute atomic E-state index is 12.0. The fraction of sp³-hybridized carbons (Fsp3) is 0.222. The minimum atomic E-state index is -0.197. The summed E-state index contributed by atoms with van der Waals surface area (Å²) in [5.74, 6) is -0.197. The number of nitrogens with zero attached hydrogens (tertiary/aromatic N) is 1. The molecule has 108 valence electrons. The van der Waals surface area contributed by atoms with Crippen LogP contribution in [0.3, 0.4) is 0 Å². The summed E-state index contributed by atoms with van der Waals surface area (Å²) in [5, 5.41) is 4.07. The van der Waals surface area contributed by atoms with Crippen molar-refractivity contribution in [1.29, 1.82) is 0 Å². The van der Waals surface area contributed by atoms with Crippen molar-refractivity contribution >= 4 is 12.1 Å². The Morgan fingerprint density at radius 2 is 1.67 bits per heavy atom. The third-order valence-electron chi connectivity index (χ3n) is 3.38. The molecule has 0 aliphatic carbocycles. The van der Waals surface area contributed by atoms with Gasteiger partial charge in [0.2, 0.25) is 0 Å². The normalized spacial score (nSPS) is 10.9. The van der Waals surface area contributed by atoms with Gasteiger partial charge in [0.05, 0.1) is 6.21 Å². The van der Waals surface area contributed by atoms with Gasteiger partial charge in [0.25, 0.3) is 5.91 Å². The van der Waals surface area contributed by atoms with E-state index in [0.29, 0.717) is 5.56 Å². The second-order valence-corrected chi connectivity index (χ2v) is 5.38. The van der Waals surface area contributed by atoms with Crippen molar-refractivity contribution in [2.75, 3.05) is 0 Å². The first-order chi connectivity index (χ1) is 9.97. The van der Waals surface area contributed by atoms with Crippen LogP contribution in [0.2, 0.25) is 0 Å². The average Bonchev–Trinajstić information content (AvgIpc) is 2.41. The third kappa shape index (κ3) is 3.78. The van der Waals surface area contributed by atoms with Crippen LogP contribution in [0.25, 0.3) is 0 Å². The molecule has 1 amide bonds. The number of hydrogen-bond acceptors (Lipinski definition) is 2. The van der Waals surface area contributed by atoms with Gasteiger partial charge in [-0.2, -0.15) is 5.10 Å². The first-order valence-corrected chi connectivity index (χ1v) is 6.95. The van der Waals surface area contributed by atoms with Crippen LogP contribution in [0.1, 0.15) is 38.2 Å². The predicted octanol–water partition coefficient (Wildman–Crippen LogP) is 3.68. The number of carbonyl (C=O) groups is 1. The Bertz CT molecular complexity index is 679. The van der Waals surface area contributed by atoms with Crippen LogP contribution in [0.15, 0.2) is 41.5 Å². The maximum atomic E-state index is 12.0. The molecule has 0 aromatic heterocycles. The van der Waals surface area contributed by atoms with E-state index in [1.54, 1.807) is 12.3 Å². The van der Waals surface area contributed by atoms with Crippen molar-refractivity contribution in [3.05, 3.63) is 69.8 Å². The summed E-state index contributed by atoms with van der Waals surface area (Å²) in [5.41, 5.74) is 8.82. The van der Waals surface area contributed by atoms with Gasteiger partial charge in [0.15, 0.2) is 0 Å². The lowest BCUT2D eigenvalue weighted by molar-refractivity contribution is 0.0955. The van der Waals surface area contributed by atoms with Gasteiger partial charge in [-0.3, -0.25) is 4.79 Å². The first-order valence-electron chi connectivity index (χ1n) is 6.95. The third-order valence-corrected chi connectivity index (χ3v) is 3.38. The molecule has 0 heterocycles. The molecule has 21 heavy (non-hydrogen) atoms. The van der Waals surface area contributed by atoms with Gasteiger partial charge in [-0.15, -0.1) is 0 Å². The van der Waals surface area contributed by atoms with Crippen LogP contribution >= 0.6 is 0 Å². The van der Waals surface area contributed by atoms with Crippen molar-refractivity contribution < 1.29 is 4.79 Å². The SMILES string of the molecule is Cc1cccc(C(=O)N/N=C\c2c(C)cc(C)cc2C)c1. The van der Waals surface area contributed by atoms with Crippen molar-refractivity contribution in [1.82, 2.24) is 5.43 Å². The minimum Gasteiger partial charge on any atom is -0.267 e. The summed E-state index contributed by atoms with van der Waals surface area (Å²) < 4.78 is 0. The summed E-state index contributed by atoms with van der Waals surface area (Å²) in [4.78, 5) is 12.0. The molecule has 0 spiro atoms. The Hall–Kier alpha value is -2.42. The highest BCUT2D eigenvalue weighted by Crippen LogP contribution is 2.14. The quantitative estimate of drug-likeness (QED) is 0.676. The summed E-state index contributed by atoms with van der Waals surface area (Å²) in [6, 6.07) is 11.7. The Kier molecular flexibility index (Phi) is 4.53. The van der Waals surface area contributed by atoms with Gasteiger partial charge < -0.3 is 0 Å². The zero-order chi connectivity index (χ0) is 15.4. The van der Waals surface area contributed by atoms with Crippen molar-refractivity contribution in [3.63, 3.8) is 0 Å². The summed E-state index contributed by atoms with van der Waals surface area (Å²) in [6.45, 7) is 8.12. The van der Waals surface area contributed by atoms with Crippen LogP contribution in [-0.4, -0.2) is 12.1 Å². The predicted molar refractivity (Wildman–Crippen MR) is 86.9 cm³/mol. The van der Waals surface area contributed by atoms with E-state index in [0.717, 1.165) is 22.3 Å². The molecule has 2 rings (SSSR count). The second kappa shape index (κ2) is 6.35. The molecular weight excluding hydrogens is 260 g/mol. The van der Waals surface area contributed by atoms with Gasteiger partial charge in [-0.05, 0) is 51.0 Å². The lowest BCUT2D eigenvalue weighted by Gasteiger charge is -2.06. The molecule has 0 unspecified atom stereocenters. The van der Waals surface area contributed by atoms with Gasteiger partial charge in [-0.25, -0.2) is 5.43 Å². The zero-order valence-corrected chi connectivity index (χ0v) is 12.9. The van der Waals surface area contributed by atoms with Gasteiger partial charge in [0.1, 0.15) is 0 Å². The molecular formula is C18H20N2O. The monoisotopic (exact) mass is 280 g/mol. The first kappa shape index (κ1) is 15.0. The summed E-state index contributed by atoms with van der Waals surface area (Å²) in [6.07, 6.45) is 1.71. The number of hydrogen-bond donors (Lipinski definition) is 1. The summed E-state index contributed by atoms with van der Waals surface area (Å²) in [7, 11) is 0. The minimum absolute atomic E-state index is 0.197. The lowest BCUT2D eigenvalue weighted by Crippen LogP contribution is -2.17. The largest absolute Gasteiger partial charge is 0.271 e. The molecule has 3 nitrogen and oxygen atoms in total. The van der Waals surface area contributed by atoms with Crippen LogP contribution in [-0.2, 0) is 0 Å². The molecule has 2 aromatic carbocycles. The molecule has 0 radical (unpaired) electrons. The van der Waals surface area contributed by atoms with Crippen molar-refractivity contribution in [3.8, 4) is 0 Å². The van der Waals surface area contributed by atoms with E-state index in [1.807, 2.05) is 39.0 Å². The van der Waals surface area contributed by atoms with Crippen LogP contribution in [0, 0.1) is 27.7 Å². The fourth-order valence-electron chi connectivity index (χ4n) is 2.40. The van der Waals surface area contributed by atoms with Crippen LogP contribution in [0.4, 0.5) is 0 Å². The molecule has 0 bridgehead atoms. The number of hydrazone groups is 1. The molecule has 1 N–H and O–H groups in total. The second-order valence-electron chi connectivity index (χ2n) is 5.38. The molecule has 3 heteroatoms. The zero-order valence-electron chi connectivity index (χ0n) is 12.9. The van der Waals surface area contributed by atoms with E-state index in [1.165, 1.54) is 5.56 Å².